The van der Waals surface area contributed by atoms with Crippen LogP contribution in [-0.2, 0) is 27.3 Å². The van der Waals surface area contributed by atoms with Crippen molar-refractivity contribution < 1.29 is 19.1 Å². The second kappa shape index (κ2) is 11.4. The van der Waals surface area contributed by atoms with Gasteiger partial charge in [-0.05, 0) is 47.7 Å². The number of fused-ring (bicyclic) bond motifs is 1. The summed E-state index contributed by atoms with van der Waals surface area (Å²) in [6.45, 7) is 0.211. The van der Waals surface area contributed by atoms with Crippen molar-refractivity contribution in [3.8, 4) is 0 Å². The Labute approximate surface area is 213 Å². The van der Waals surface area contributed by atoms with Crippen LogP contribution in [0, 0.1) is 0 Å². The van der Waals surface area contributed by atoms with Gasteiger partial charge in [0.2, 0.25) is 5.91 Å². The molecule has 8 heteroatoms. The molecular formula is C27H24Cl2N2O4. The van der Waals surface area contributed by atoms with Gasteiger partial charge < -0.3 is 15.0 Å². The zero-order valence-electron chi connectivity index (χ0n) is 18.9. The average molecular weight is 511 g/mol. The number of ether oxygens (including phenoxy) is 1. The lowest BCUT2D eigenvalue weighted by Gasteiger charge is -2.24. The van der Waals surface area contributed by atoms with Crippen molar-refractivity contribution in [3.63, 3.8) is 0 Å². The summed E-state index contributed by atoms with van der Waals surface area (Å²) >= 11 is 11.9. The fourth-order valence-electron chi connectivity index (χ4n) is 4.06. The SMILES string of the molecule is O=C(CNC(=O)C1c2ccccc2C(=O)N1Cc1ccccc1)OCCCc1ccc(Cl)c(Cl)c1. The van der Waals surface area contributed by atoms with Crippen molar-refractivity contribution in [2.45, 2.75) is 25.4 Å². The van der Waals surface area contributed by atoms with Crippen LogP contribution in [0.5, 0.6) is 0 Å². The second-order valence-electron chi connectivity index (χ2n) is 8.20. The lowest BCUT2D eigenvalue weighted by Crippen LogP contribution is -2.41. The van der Waals surface area contributed by atoms with Gasteiger partial charge in [-0.3, -0.25) is 14.4 Å². The molecule has 0 spiro atoms. The average Bonchev–Trinajstić information content (AvgIpc) is 3.14. The van der Waals surface area contributed by atoms with E-state index in [1.54, 1.807) is 36.4 Å². The van der Waals surface area contributed by atoms with Gasteiger partial charge in [0, 0.05) is 12.1 Å². The Kier molecular flexibility index (Phi) is 8.06. The van der Waals surface area contributed by atoms with Gasteiger partial charge in [-0.25, -0.2) is 0 Å². The molecule has 180 valence electrons. The Hall–Kier alpha value is -3.35. The zero-order valence-corrected chi connectivity index (χ0v) is 20.4. The number of nitrogens with zero attached hydrogens (tertiary/aromatic N) is 1. The first-order valence-corrected chi connectivity index (χ1v) is 12.0. The van der Waals surface area contributed by atoms with Gasteiger partial charge in [0.1, 0.15) is 12.6 Å². The summed E-state index contributed by atoms with van der Waals surface area (Å²) in [4.78, 5) is 39.8. The number of halogens is 2. The molecule has 1 N–H and O–H groups in total. The van der Waals surface area contributed by atoms with Crippen LogP contribution in [0.1, 0.15) is 39.5 Å². The van der Waals surface area contributed by atoms with Crippen molar-refractivity contribution in [2.75, 3.05) is 13.2 Å². The third-order valence-corrected chi connectivity index (χ3v) is 6.51. The molecule has 0 saturated carbocycles. The van der Waals surface area contributed by atoms with E-state index in [4.69, 9.17) is 27.9 Å². The summed E-state index contributed by atoms with van der Waals surface area (Å²) < 4.78 is 5.25. The van der Waals surface area contributed by atoms with E-state index in [-0.39, 0.29) is 25.6 Å². The van der Waals surface area contributed by atoms with E-state index in [2.05, 4.69) is 5.32 Å². The molecule has 3 aromatic rings. The molecule has 1 atom stereocenters. The van der Waals surface area contributed by atoms with Gasteiger partial charge in [0.05, 0.1) is 16.7 Å². The van der Waals surface area contributed by atoms with E-state index in [1.165, 1.54) is 4.90 Å². The number of esters is 1. The molecule has 0 aliphatic carbocycles. The molecular weight excluding hydrogens is 487 g/mol. The first kappa shape index (κ1) is 24.8. The number of carbonyl (C=O) groups is 3. The fourth-order valence-corrected chi connectivity index (χ4v) is 4.38. The maximum Gasteiger partial charge on any atom is 0.325 e. The predicted octanol–water partition coefficient (Wildman–Crippen LogP) is 4.98. The topological polar surface area (TPSA) is 75.7 Å². The van der Waals surface area contributed by atoms with Crippen LogP contribution in [0.3, 0.4) is 0 Å². The van der Waals surface area contributed by atoms with Crippen LogP contribution in [0.2, 0.25) is 10.0 Å². The maximum absolute atomic E-state index is 13.1. The first-order valence-electron chi connectivity index (χ1n) is 11.2. The monoisotopic (exact) mass is 510 g/mol. The van der Waals surface area contributed by atoms with E-state index >= 15 is 0 Å². The molecule has 4 rings (SSSR count). The Bertz CT molecular complexity index is 1230. The highest BCUT2D eigenvalue weighted by molar-refractivity contribution is 6.42. The van der Waals surface area contributed by atoms with Gasteiger partial charge in [-0.1, -0.05) is 77.8 Å². The minimum Gasteiger partial charge on any atom is -0.464 e. The van der Waals surface area contributed by atoms with Crippen LogP contribution < -0.4 is 5.32 Å². The maximum atomic E-state index is 13.1. The number of benzene rings is 3. The van der Waals surface area contributed by atoms with Gasteiger partial charge in [0.25, 0.3) is 5.91 Å². The van der Waals surface area contributed by atoms with Gasteiger partial charge in [-0.15, -0.1) is 0 Å². The molecule has 3 aromatic carbocycles. The van der Waals surface area contributed by atoms with E-state index < -0.39 is 17.9 Å². The number of nitrogens with one attached hydrogen (secondary N) is 1. The number of hydrogen-bond acceptors (Lipinski definition) is 4. The summed E-state index contributed by atoms with van der Waals surface area (Å²) in [7, 11) is 0. The van der Waals surface area contributed by atoms with Gasteiger partial charge in [0.15, 0.2) is 0 Å². The van der Waals surface area contributed by atoms with E-state index in [9.17, 15) is 14.4 Å². The molecule has 2 amide bonds. The third kappa shape index (κ3) is 6.02. The van der Waals surface area contributed by atoms with Crippen molar-refractivity contribution >= 4 is 41.0 Å². The molecule has 1 unspecified atom stereocenters. The summed E-state index contributed by atoms with van der Waals surface area (Å²) in [5.74, 6) is -1.18. The fraction of sp³-hybridized carbons (Fsp3) is 0.222. The summed E-state index contributed by atoms with van der Waals surface area (Å²) in [6, 6.07) is 21.1. The number of hydrogen-bond donors (Lipinski definition) is 1. The number of carbonyl (C=O) groups excluding carboxylic acids is 3. The van der Waals surface area contributed by atoms with E-state index in [1.807, 2.05) is 36.4 Å². The normalized spacial score (nSPS) is 14.5. The molecule has 0 bridgehead atoms. The first-order chi connectivity index (χ1) is 16.9. The highest BCUT2D eigenvalue weighted by Crippen LogP contribution is 2.35. The predicted molar refractivity (Wildman–Crippen MR) is 134 cm³/mol. The standard InChI is InChI=1S/C27H24Cl2N2O4/c28-22-13-12-18(15-23(22)29)9-6-14-35-24(32)16-30-26(33)25-20-10-4-5-11-21(20)27(34)31(25)17-19-7-2-1-3-8-19/h1-5,7-8,10-13,15,25H,6,9,14,16-17H2,(H,30,33). The number of aryl methyl sites for hydroxylation is 1. The van der Waals surface area contributed by atoms with E-state index in [0.29, 0.717) is 34.0 Å². The van der Waals surface area contributed by atoms with Gasteiger partial charge in [-0.2, -0.15) is 0 Å². The van der Waals surface area contributed by atoms with Crippen LogP contribution >= 0.6 is 23.2 Å². The summed E-state index contributed by atoms with van der Waals surface area (Å²) in [6.07, 6.45) is 1.28. The van der Waals surface area contributed by atoms with Crippen molar-refractivity contribution in [1.82, 2.24) is 10.2 Å². The van der Waals surface area contributed by atoms with Crippen LogP contribution in [0.25, 0.3) is 0 Å². The second-order valence-corrected chi connectivity index (χ2v) is 9.01. The number of rotatable bonds is 9. The molecule has 0 aromatic heterocycles. The molecule has 1 heterocycles. The van der Waals surface area contributed by atoms with Crippen LogP contribution in [0.15, 0.2) is 72.8 Å². The Balaban J connectivity index is 1.31. The molecule has 35 heavy (non-hydrogen) atoms. The lowest BCUT2D eigenvalue weighted by atomic mass is 10.0. The molecule has 0 radical (unpaired) electrons. The molecule has 6 nitrogen and oxygen atoms in total. The molecule has 0 saturated heterocycles. The summed E-state index contributed by atoms with van der Waals surface area (Å²) in [5, 5.41) is 3.61. The number of amides is 2. The van der Waals surface area contributed by atoms with Gasteiger partial charge >= 0.3 is 5.97 Å². The van der Waals surface area contributed by atoms with Crippen molar-refractivity contribution in [2.24, 2.45) is 0 Å². The quantitative estimate of drug-likeness (QED) is 0.325. The third-order valence-electron chi connectivity index (χ3n) is 5.77. The Morgan fingerprint density at radius 3 is 2.43 bits per heavy atom. The smallest absolute Gasteiger partial charge is 0.325 e. The summed E-state index contributed by atoms with van der Waals surface area (Å²) in [5.41, 5.74) is 3.02. The molecule has 1 aliphatic heterocycles. The van der Waals surface area contributed by atoms with E-state index in [0.717, 1.165) is 11.1 Å². The zero-order chi connectivity index (χ0) is 24.8. The minimum atomic E-state index is -0.818. The highest BCUT2D eigenvalue weighted by atomic mass is 35.5. The Morgan fingerprint density at radius 2 is 1.66 bits per heavy atom. The van der Waals surface area contributed by atoms with Crippen molar-refractivity contribution in [3.05, 3.63) is 105 Å². The molecule has 0 fully saturated rings. The van der Waals surface area contributed by atoms with Crippen LogP contribution in [-0.4, -0.2) is 35.8 Å². The van der Waals surface area contributed by atoms with Crippen LogP contribution in [0.4, 0.5) is 0 Å². The largest absolute Gasteiger partial charge is 0.464 e. The highest BCUT2D eigenvalue weighted by Gasteiger charge is 2.40. The minimum absolute atomic E-state index is 0.208. The lowest BCUT2D eigenvalue weighted by molar-refractivity contribution is -0.144. The van der Waals surface area contributed by atoms with Crippen molar-refractivity contribution in [1.29, 1.82) is 0 Å². The Morgan fingerprint density at radius 1 is 0.914 bits per heavy atom. The molecule has 1 aliphatic rings.